The summed E-state index contributed by atoms with van der Waals surface area (Å²) in [5.74, 6) is 0.344. The third-order valence-corrected chi connectivity index (χ3v) is 4.21. The minimum atomic E-state index is -3.11. The lowest BCUT2D eigenvalue weighted by Gasteiger charge is -2.09. The first-order chi connectivity index (χ1) is 8.99. The molecule has 1 heterocycles. The summed E-state index contributed by atoms with van der Waals surface area (Å²) in [6, 6.07) is 3.91. The van der Waals surface area contributed by atoms with Gasteiger partial charge >= 0.3 is 0 Å². The Labute approximate surface area is 115 Å². The van der Waals surface area contributed by atoms with Crippen molar-refractivity contribution in [1.29, 1.82) is 0 Å². The van der Waals surface area contributed by atoms with Crippen molar-refractivity contribution < 1.29 is 8.42 Å². The number of nitrogens with zero attached hydrogens (tertiary/aromatic N) is 1. The van der Waals surface area contributed by atoms with Gasteiger partial charge in [0.25, 0.3) is 0 Å². The van der Waals surface area contributed by atoms with Gasteiger partial charge in [-0.15, -0.1) is 0 Å². The third kappa shape index (κ3) is 7.92. The summed E-state index contributed by atoms with van der Waals surface area (Å²) in [4.78, 5) is 4.03. The average molecular weight is 285 g/mol. The van der Waals surface area contributed by atoms with Crippen molar-refractivity contribution in [1.82, 2.24) is 15.0 Å². The molecule has 0 unspecified atom stereocenters. The number of sulfonamides is 1. The molecule has 108 valence electrons. The molecule has 1 aromatic heterocycles. The monoisotopic (exact) mass is 285 g/mol. The summed E-state index contributed by atoms with van der Waals surface area (Å²) >= 11 is 0. The van der Waals surface area contributed by atoms with Crippen LogP contribution in [0.25, 0.3) is 0 Å². The van der Waals surface area contributed by atoms with E-state index in [0.29, 0.717) is 6.54 Å². The zero-order valence-electron chi connectivity index (χ0n) is 11.6. The number of hydrogen-bond acceptors (Lipinski definition) is 4. The normalized spacial score (nSPS) is 11.9. The fourth-order valence-electron chi connectivity index (χ4n) is 1.67. The molecule has 6 heteroatoms. The van der Waals surface area contributed by atoms with Crippen LogP contribution in [0.4, 0.5) is 0 Å². The zero-order chi connectivity index (χ0) is 14.1. The van der Waals surface area contributed by atoms with Gasteiger partial charge in [0.1, 0.15) is 0 Å². The van der Waals surface area contributed by atoms with Gasteiger partial charge in [0.05, 0.1) is 5.75 Å². The van der Waals surface area contributed by atoms with Gasteiger partial charge in [-0.1, -0.05) is 19.9 Å². The van der Waals surface area contributed by atoms with E-state index in [9.17, 15) is 8.42 Å². The molecule has 0 saturated carbocycles. The lowest BCUT2D eigenvalue weighted by atomic mass is 10.3. The third-order valence-electron chi connectivity index (χ3n) is 2.46. The number of rotatable bonds is 9. The molecule has 0 spiro atoms. The quantitative estimate of drug-likeness (QED) is 0.667. The lowest BCUT2D eigenvalue weighted by molar-refractivity contribution is 0.561. The molecule has 0 amide bonds. The van der Waals surface area contributed by atoms with Crippen molar-refractivity contribution in [2.45, 2.75) is 26.8 Å². The van der Waals surface area contributed by atoms with E-state index in [-0.39, 0.29) is 11.7 Å². The molecule has 0 bridgehead atoms. The first-order valence-corrected chi connectivity index (χ1v) is 8.22. The Balaban J connectivity index is 2.09. The van der Waals surface area contributed by atoms with Crippen molar-refractivity contribution in [3.8, 4) is 0 Å². The van der Waals surface area contributed by atoms with Crippen LogP contribution in [0.3, 0.4) is 0 Å². The van der Waals surface area contributed by atoms with Crippen LogP contribution >= 0.6 is 0 Å². The highest BCUT2D eigenvalue weighted by Gasteiger charge is 2.11. The Morgan fingerprint density at radius 3 is 2.74 bits per heavy atom. The second-order valence-electron chi connectivity index (χ2n) is 4.96. The molecule has 19 heavy (non-hydrogen) atoms. The molecule has 5 nitrogen and oxygen atoms in total. The second-order valence-corrected chi connectivity index (χ2v) is 6.81. The first-order valence-electron chi connectivity index (χ1n) is 6.56. The summed E-state index contributed by atoms with van der Waals surface area (Å²) in [7, 11) is -3.11. The first kappa shape index (κ1) is 16.1. The molecular weight excluding hydrogens is 262 g/mol. The van der Waals surface area contributed by atoms with Crippen LogP contribution in [0.15, 0.2) is 24.5 Å². The molecule has 0 aliphatic carbocycles. The molecule has 0 radical (unpaired) electrons. The van der Waals surface area contributed by atoms with Crippen molar-refractivity contribution in [2.24, 2.45) is 5.92 Å². The van der Waals surface area contributed by atoms with Crippen molar-refractivity contribution in [2.75, 3.05) is 18.8 Å². The predicted octanol–water partition coefficient (Wildman–Crippen LogP) is 1.14. The van der Waals surface area contributed by atoms with E-state index in [0.717, 1.165) is 25.1 Å². The highest BCUT2D eigenvalue weighted by Crippen LogP contribution is 1.97. The predicted molar refractivity (Wildman–Crippen MR) is 77.2 cm³/mol. The lowest BCUT2D eigenvalue weighted by Crippen LogP contribution is -2.30. The van der Waals surface area contributed by atoms with Crippen molar-refractivity contribution in [3.63, 3.8) is 0 Å². The molecule has 0 aliphatic rings. The van der Waals surface area contributed by atoms with Crippen molar-refractivity contribution in [3.05, 3.63) is 30.1 Å². The van der Waals surface area contributed by atoms with Gasteiger partial charge in [0.2, 0.25) is 10.0 Å². The van der Waals surface area contributed by atoms with E-state index >= 15 is 0 Å². The second kappa shape index (κ2) is 8.24. The average Bonchev–Trinajstić information content (AvgIpc) is 2.33. The Kier molecular flexibility index (Phi) is 6.97. The van der Waals surface area contributed by atoms with E-state index in [1.165, 1.54) is 0 Å². The summed E-state index contributed by atoms with van der Waals surface area (Å²) in [5, 5.41) is 3.25. The molecule has 0 aromatic carbocycles. The van der Waals surface area contributed by atoms with E-state index in [1.807, 2.05) is 32.2 Å². The van der Waals surface area contributed by atoms with Gasteiger partial charge in [0.15, 0.2) is 0 Å². The molecule has 1 aromatic rings. The van der Waals surface area contributed by atoms with Gasteiger partial charge in [0, 0.05) is 25.5 Å². The van der Waals surface area contributed by atoms with Crippen molar-refractivity contribution >= 4 is 10.0 Å². The Morgan fingerprint density at radius 2 is 2.11 bits per heavy atom. The highest BCUT2D eigenvalue weighted by atomic mass is 32.2. The minimum Gasteiger partial charge on any atom is -0.313 e. The Bertz CT molecular complexity index is 446. The molecule has 2 N–H and O–H groups in total. The molecule has 0 atom stereocenters. The van der Waals surface area contributed by atoms with Gasteiger partial charge in [-0.25, -0.2) is 13.1 Å². The SMILES string of the molecule is CC(C)CS(=O)(=O)NCCCNCc1cccnc1. The number of nitrogens with one attached hydrogen (secondary N) is 2. The number of hydrogen-bond donors (Lipinski definition) is 2. The van der Waals surface area contributed by atoms with E-state index in [2.05, 4.69) is 15.0 Å². The van der Waals surface area contributed by atoms with Crippen LogP contribution in [-0.4, -0.2) is 32.2 Å². The highest BCUT2D eigenvalue weighted by molar-refractivity contribution is 7.89. The van der Waals surface area contributed by atoms with E-state index in [4.69, 9.17) is 0 Å². The zero-order valence-corrected chi connectivity index (χ0v) is 12.4. The fourth-order valence-corrected chi connectivity index (χ4v) is 3.13. The number of pyridine rings is 1. The number of aromatic nitrogens is 1. The smallest absolute Gasteiger partial charge is 0.211 e. The maximum atomic E-state index is 11.6. The Morgan fingerprint density at radius 1 is 1.32 bits per heavy atom. The van der Waals surface area contributed by atoms with Crippen LogP contribution in [0, 0.1) is 5.92 Å². The van der Waals surface area contributed by atoms with E-state index in [1.54, 1.807) is 6.20 Å². The maximum Gasteiger partial charge on any atom is 0.211 e. The molecule has 0 aliphatic heterocycles. The van der Waals surface area contributed by atoms with Gasteiger partial charge in [-0.2, -0.15) is 0 Å². The minimum absolute atomic E-state index is 0.154. The summed E-state index contributed by atoms with van der Waals surface area (Å²) in [6.07, 6.45) is 4.34. The topological polar surface area (TPSA) is 71.1 Å². The van der Waals surface area contributed by atoms with Gasteiger partial charge in [-0.05, 0) is 30.5 Å². The van der Waals surface area contributed by atoms with Crippen LogP contribution in [0.2, 0.25) is 0 Å². The van der Waals surface area contributed by atoms with Gasteiger partial charge < -0.3 is 5.32 Å². The molecule has 0 saturated heterocycles. The van der Waals surface area contributed by atoms with Gasteiger partial charge in [-0.3, -0.25) is 4.98 Å². The van der Waals surface area contributed by atoms with E-state index < -0.39 is 10.0 Å². The standard InChI is InChI=1S/C13H23N3O2S/c1-12(2)11-19(17,18)16-8-4-7-15-10-13-5-3-6-14-9-13/h3,5-6,9,12,15-16H,4,7-8,10-11H2,1-2H3. The molecule has 0 fully saturated rings. The molecule has 1 rings (SSSR count). The maximum absolute atomic E-state index is 11.6. The molecular formula is C13H23N3O2S. The van der Waals surface area contributed by atoms with Crippen LogP contribution in [0.5, 0.6) is 0 Å². The summed E-state index contributed by atoms with van der Waals surface area (Å²) < 4.78 is 25.7. The largest absolute Gasteiger partial charge is 0.313 e. The van der Waals surface area contributed by atoms with Crippen LogP contribution in [-0.2, 0) is 16.6 Å². The fraction of sp³-hybridized carbons (Fsp3) is 0.615. The van der Waals surface area contributed by atoms with Crippen LogP contribution in [0.1, 0.15) is 25.8 Å². The summed E-state index contributed by atoms with van der Waals surface area (Å²) in [6.45, 7) is 5.81. The Hall–Kier alpha value is -0.980. The summed E-state index contributed by atoms with van der Waals surface area (Å²) in [5.41, 5.74) is 1.13. The van der Waals surface area contributed by atoms with Crippen LogP contribution < -0.4 is 10.0 Å².